The third kappa shape index (κ3) is 6.05. The molecule has 4 rings (SSSR count). The molecule has 0 bridgehead atoms. The number of aryl methyl sites for hydroxylation is 1. The molecule has 190 valence electrons. The van der Waals surface area contributed by atoms with Crippen molar-refractivity contribution in [2.24, 2.45) is 0 Å². The van der Waals surface area contributed by atoms with Crippen molar-refractivity contribution < 1.29 is 24.2 Å². The molecule has 0 spiro atoms. The van der Waals surface area contributed by atoms with Crippen LogP contribution in [-0.4, -0.2) is 49.1 Å². The van der Waals surface area contributed by atoms with Gasteiger partial charge < -0.3 is 25.4 Å². The highest BCUT2D eigenvalue weighted by Gasteiger charge is 2.29. The number of hydrogen-bond donors (Lipinski definition) is 3. The minimum atomic E-state index is -0.870. The largest absolute Gasteiger partial charge is 0.481 e. The van der Waals surface area contributed by atoms with Crippen molar-refractivity contribution >= 4 is 40.5 Å². The van der Waals surface area contributed by atoms with Gasteiger partial charge in [-0.2, -0.15) is 0 Å². The van der Waals surface area contributed by atoms with E-state index in [1.807, 2.05) is 62.6 Å². The molecule has 0 aliphatic carbocycles. The quantitative estimate of drug-likeness (QED) is 0.294. The van der Waals surface area contributed by atoms with Gasteiger partial charge in [0, 0.05) is 24.2 Å². The monoisotopic (exact) mass is 499 g/mol. The SMILES string of the molecule is COC(=O)c1ccc2c(c1)NC(=O)/C2=C(\Nc1cccc(CN(C)C)c1)c1cccc(CCC(=O)O)c1. The van der Waals surface area contributed by atoms with Crippen molar-refractivity contribution in [3.63, 3.8) is 0 Å². The molecule has 37 heavy (non-hydrogen) atoms. The van der Waals surface area contributed by atoms with Gasteiger partial charge in [0.1, 0.15) is 0 Å². The molecule has 1 heterocycles. The molecule has 0 unspecified atom stereocenters. The lowest BCUT2D eigenvalue weighted by atomic mass is 9.97. The zero-order valence-corrected chi connectivity index (χ0v) is 21.0. The van der Waals surface area contributed by atoms with Gasteiger partial charge in [0.2, 0.25) is 0 Å². The number of hydrogen-bond acceptors (Lipinski definition) is 6. The molecule has 3 aromatic rings. The van der Waals surface area contributed by atoms with Crippen molar-refractivity contribution in [2.75, 3.05) is 31.8 Å². The van der Waals surface area contributed by atoms with Gasteiger partial charge in [-0.05, 0) is 67.5 Å². The third-order valence-corrected chi connectivity index (χ3v) is 5.97. The maximum Gasteiger partial charge on any atom is 0.337 e. The number of carboxylic acids is 1. The summed E-state index contributed by atoms with van der Waals surface area (Å²) in [7, 11) is 5.31. The number of carbonyl (C=O) groups excluding carboxylic acids is 2. The van der Waals surface area contributed by atoms with Crippen LogP contribution in [-0.2, 0) is 27.3 Å². The van der Waals surface area contributed by atoms with E-state index in [9.17, 15) is 14.4 Å². The number of carboxylic acid groups (broad SMARTS) is 1. The molecule has 3 N–H and O–H groups in total. The molecule has 0 saturated carbocycles. The lowest BCUT2D eigenvalue weighted by Gasteiger charge is -2.17. The first kappa shape index (κ1) is 25.7. The second-order valence-electron chi connectivity index (χ2n) is 9.11. The summed E-state index contributed by atoms with van der Waals surface area (Å²) < 4.78 is 4.82. The lowest BCUT2D eigenvalue weighted by Crippen LogP contribution is -2.12. The van der Waals surface area contributed by atoms with Gasteiger partial charge >= 0.3 is 11.9 Å². The molecule has 0 atom stereocenters. The van der Waals surface area contributed by atoms with Crippen LogP contribution in [0.2, 0.25) is 0 Å². The number of fused-ring (bicyclic) bond motifs is 1. The van der Waals surface area contributed by atoms with E-state index in [4.69, 9.17) is 9.84 Å². The molecule has 0 saturated heterocycles. The number of nitrogens with one attached hydrogen (secondary N) is 2. The third-order valence-electron chi connectivity index (χ3n) is 5.97. The molecular weight excluding hydrogens is 470 g/mol. The summed E-state index contributed by atoms with van der Waals surface area (Å²) in [6.45, 7) is 0.756. The van der Waals surface area contributed by atoms with Crippen LogP contribution in [0.15, 0.2) is 66.7 Å². The number of esters is 1. The minimum Gasteiger partial charge on any atom is -0.481 e. The summed E-state index contributed by atoms with van der Waals surface area (Å²) >= 11 is 0. The van der Waals surface area contributed by atoms with Gasteiger partial charge in [0.15, 0.2) is 0 Å². The Labute approximate surface area is 215 Å². The maximum atomic E-state index is 13.3. The summed E-state index contributed by atoms with van der Waals surface area (Å²) in [4.78, 5) is 38.5. The maximum absolute atomic E-state index is 13.3. The average Bonchev–Trinajstić information content (AvgIpc) is 3.20. The van der Waals surface area contributed by atoms with E-state index < -0.39 is 11.9 Å². The lowest BCUT2D eigenvalue weighted by molar-refractivity contribution is -0.137. The Bertz CT molecular complexity index is 1390. The number of anilines is 2. The Kier molecular flexibility index (Phi) is 7.69. The second kappa shape index (κ2) is 11.1. The number of nitrogens with zero attached hydrogens (tertiary/aromatic N) is 1. The van der Waals surface area contributed by atoms with Crippen LogP contribution in [0.25, 0.3) is 11.3 Å². The summed E-state index contributed by atoms with van der Waals surface area (Å²) in [5.41, 5.74) is 6.03. The zero-order chi connectivity index (χ0) is 26.5. The van der Waals surface area contributed by atoms with E-state index in [2.05, 4.69) is 15.5 Å². The van der Waals surface area contributed by atoms with Crippen molar-refractivity contribution in [3.8, 4) is 0 Å². The normalized spacial score (nSPS) is 13.7. The van der Waals surface area contributed by atoms with Crippen LogP contribution in [0.3, 0.4) is 0 Å². The van der Waals surface area contributed by atoms with Crippen LogP contribution in [0, 0.1) is 0 Å². The fraction of sp³-hybridized carbons (Fsp3) is 0.207. The number of amides is 1. The molecule has 0 fully saturated rings. The first-order valence-electron chi connectivity index (χ1n) is 11.9. The molecule has 1 aliphatic rings. The molecular formula is C29H29N3O5. The van der Waals surface area contributed by atoms with Crippen LogP contribution < -0.4 is 10.6 Å². The van der Waals surface area contributed by atoms with Crippen molar-refractivity contribution in [1.29, 1.82) is 0 Å². The Morgan fingerprint density at radius 2 is 1.73 bits per heavy atom. The number of rotatable bonds is 9. The van der Waals surface area contributed by atoms with Gasteiger partial charge in [0.05, 0.1) is 29.6 Å². The van der Waals surface area contributed by atoms with E-state index in [1.54, 1.807) is 18.2 Å². The zero-order valence-electron chi connectivity index (χ0n) is 21.0. The standard InChI is InChI=1S/C29H29N3O5/c1-32(2)17-19-7-5-9-22(15-19)30-27(20-8-4-6-18(14-20)10-13-25(33)34)26-23-12-11-21(29(36)37-3)16-24(23)31-28(26)35/h4-9,11-12,14-16,30H,10,13,17H2,1-3H3,(H,31,35)(H,33,34)/b27-26-. The second-order valence-corrected chi connectivity index (χ2v) is 9.11. The fourth-order valence-corrected chi connectivity index (χ4v) is 4.34. The van der Waals surface area contributed by atoms with Gasteiger partial charge in [-0.25, -0.2) is 4.79 Å². The highest BCUT2D eigenvalue weighted by atomic mass is 16.5. The molecule has 1 amide bonds. The number of benzene rings is 3. The van der Waals surface area contributed by atoms with E-state index >= 15 is 0 Å². The summed E-state index contributed by atoms with van der Waals surface area (Å²) in [5, 5.41) is 15.4. The minimum absolute atomic E-state index is 0.00892. The van der Waals surface area contributed by atoms with E-state index in [1.165, 1.54) is 7.11 Å². The summed E-state index contributed by atoms with van der Waals surface area (Å²) in [6.07, 6.45) is 0.379. The average molecular weight is 500 g/mol. The van der Waals surface area contributed by atoms with Gasteiger partial charge in [-0.1, -0.05) is 36.4 Å². The molecule has 3 aromatic carbocycles. The first-order chi connectivity index (χ1) is 17.7. The van der Waals surface area contributed by atoms with E-state index in [0.29, 0.717) is 34.5 Å². The Hall–Kier alpha value is -4.43. The summed E-state index contributed by atoms with van der Waals surface area (Å²) in [6, 6.07) is 20.4. The van der Waals surface area contributed by atoms with E-state index in [0.717, 1.165) is 28.9 Å². The van der Waals surface area contributed by atoms with Gasteiger partial charge in [-0.15, -0.1) is 0 Å². The Morgan fingerprint density at radius 3 is 2.46 bits per heavy atom. The van der Waals surface area contributed by atoms with Gasteiger partial charge in [0.25, 0.3) is 5.91 Å². The molecule has 0 aromatic heterocycles. The van der Waals surface area contributed by atoms with Crippen molar-refractivity contribution in [3.05, 3.63) is 94.5 Å². The number of carbonyl (C=O) groups is 3. The number of aliphatic carboxylic acids is 1. The molecule has 1 aliphatic heterocycles. The molecule has 0 radical (unpaired) electrons. The highest BCUT2D eigenvalue weighted by Crippen LogP contribution is 2.38. The van der Waals surface area contributed by atoms with Crippen LogP contribution in [0.4, 0.5) is 11.4 Å². The highest BCUT2D eigenvalue weighted by molar-refractivity contribution is 6.37. The fourth-order valence-electron chi connectivity index (χ4n) is 4.34. The number of ether oxygens (including phenoxy) is 1. The van der Waals surface area contributed by atoms with Gasteiger partial charge in [-0.3, -0.25) is 9.59 Å². The predicted molar refractivity (Wildman–Crippen MR) is 143 cm³/mol. The van der Waals surface area contributed by atoms with E-state index in [-0.39, 0.29) is 12.3 Å². The Balaban J connectivity index is 1.83. The van der Waals surface area contributed by atoms with Crippen molar-refractivity contribution in [1.82, 2.24) is 4.90 Å². The topological polar surface area (TPSA) is 108 Å². The smallest absolute Gasteiger partial charge is 0.337 e. The molecule has 8 heteroatoms. The molecule has 8 nitrogen and oxygen atoms in total. The van der Waals surface area contributed by atoms with Crippen LogP contribution >= 0.6 is 0 Å². The predicted octanol–water partition coefficient (Wildman–Crippen LogP) is 4.48. The number of methoxy groups -OCH3 is 1. The van der Waals surface area contributed by atoms with Crippen LogP contribution in [0.1, 0.15) is 39.0 Å². The van der Waals surface area contributed by atoms with Crippen molar-refractivity contribution in [2.45, 2.75) is 19.4 Å². The van der Waals surface area contributed by atoms with Crippen LogP contribution in [0.5, 0.6) is 0 Å². The Morgan fingerprint density at radius 1 is 0.973 bits per heavy atom. The first-order valence-corrected chi connectivity index (χ1v) is 11.9. The summed E-state index contributed by atoms with van der Waals surface area (Å²) in [5.74, 6) is -1.66.